The highest BCUT2D eigenvalue weighted by Gasteiger charge is 2.26. The molecule has 1 aromatic rings. The van der Waals surface area contributed by atoms with Gasteiger partial charge >= 0.3 is 0 Å². The molecule has 0 radical (unpaired) electrons. The first-order chi connectivity index (χ1) is 11.0. The molecular formula is C18H26N2O3. The van der Waals surface area contributed by atoms with E-state index in [1.807, 2.05) is 26.0 Å². The van der Waals surface area contributed by atoms with Crippen LogP contribution in [0.2, 0.25) is 0 Å². The van der Waals surface area contributed by atoms with Crippen LogP contribution in [0.25, 0.3) is 0 Å². The summed E-state index contributed by atoms with van der Waals surface area (Å²) in [6, 6.07) is 5.45. The van der Waals surface area contributed by atoms with E-state index in [0.717, 1.165) is 24.1 Å². The summed E-state index contributed by atoms with van der Waals surface area (Å²) in [6.45, 7) is 4.58. The van der Waals surface area contributed by atoms with Crippen LogP contribution in [0.3, 0.4) is 0 Å². The maximum atomic E-state index is 12.4. The van der Waals surface area contributed by atoms with Crippen LogP contribution in [0.5, 0.6) is 0 Å². The molecule has 0 aliphatic carbocycles. The number of hydrogen-bond acceptors (Lipinski definition) is 3. The first kappa shape index (κ1) is 17.5. The quantitative estimate of drug-likeness (QED) is 0.844. The number of amides is 2. The fraction of sp³-hybridized carbons (Fsp3) is 0.556. The number of carbonyl (C=O) groups excluding carboxylic acids is 2. The van der Waals surface area contributed by atoms with E-state index in [-0.39, 0.29) is 23.8 Å². The van der Waals surface area contributed by atoms with Gasteiger partial charge in [-0.1, -0.05) is 13.8 Å². The number of benzene rings is 1. The zero-order valence-corrected chi connectivity index (χ0v) is 14.2. The lowest BCUT2D eigenvalue weighted by Gasteiger charge is -2.29. The Morgan fingerprint density at radius 1 is 1.30 bits per heavy atom. The first-order valence-corrected chi connectivity index (χ1v) is 8.25. The summed E-state index contributed by atoms with van der Waals surface area (Å²) in [7, 11) is 1.76. The van der Waals surface area contributed by atoms with E-state index in [0.29, 0.717) is 24.9 Å². The molecule has 1 heterocycles. The molecule has 0 atom stereocenters. The summed E-state index contributed by atoms with van der Waals surface area (Å²) < 4.78 is 0. The minimum Gasteiger partial charge on any atom is -0.396 e. The minimum absolute atomic E-state index is 0.0668. The van der Waals surface area contributed by atoms with Gasteiger partial charge < -0.3 is 15.3 Å². The molecule has 0 fully saturated rings. The van der Waals surface area contributed by atoms with Gasteiger partial charge in [-0.15, -0.1) is 0 Å². The average molecular weight is 318 g/mol. The maximum absolute atomic E-state index is 12.4. The summed E-state index contributed by atoms with van der Waals surface area (Å²) >= 11 is 0. The standard InChI is InChI=1S/C18H26N2O3/c1-4-18(5-2,12-21)11-19-17(23)14-6-8-15-13(10-14)7-9-16(22)20(15)3/h6,8,10,21H,4-5,7,9,11-12H2,1-3H3,(H,19,23). The number of rotatable bonds is 6. The van der Waals surface area contributed by atoms with Crippen LogP contribution in [-0.2, 0) is 11.2 Å². The highest BCUT2D eigenvalue weighted by atomic mass is 16.3. The summed E-state index contributed by atoms with van der Waals surface area (Å²) in [5, 5.41) is 12.5. The Hall–Kier alpha value is -1.88. The monoisotopic (exact) mass is 318 g/mol. The van der Waals surface area contributed by atoms with Gasteiger partial charge in [-0.25, -0.2) is 0 Å². The lowest BCUT2D eigenvalue weighted by atomic mass is 9.83. The Bertz CT molecular complexity index is 586. The van der Waals surface area contributed by atoms with Crippen molar-refractivity contribution in [2.75, 3.05) is 25.1 Å². The van der Waals surface area contributed by atoms with Crippen LogP contribution in [0.15, 0.2) is 18.2 Å². The average Bonchev–Trinajstić information content (AvgIpc) is 2.59. The van der Waals surface area contributed by atoms with E-state index >= 15 is 0 Å². The third kappa shape index (κ3) is 3.55. The molecule has 0 saturated carbocycles. The number of aryl methyl sites for hydroxylation is 1. The smallest absolute Gasteiger partial charge is 0.251 e. The fourth-order valence-electron chi connectivity index (χ4n) is 2.95. The highest BCUT2D eigenvalue weighted by molar-refractivity contribution is 5.98. The summed E-state index contributed by atoms with van der Waals surface area (Å²) in [5.74, 6) is -0.0274. The first-order valence-electron chi connectivity index (χ1n) is 8.25. The topological polar surface area (TPSA) is 69.6 Å². The number of aliphatic hydroxyl groups excluding tert-OH is 1. The molecule has 2 N–H and O–H groups in total. The molecule has 2 amide bonds. The summed E-state index contributed by atoms with van der Waals surface area (Å²) in [4.78, 5) is 25.8. The molecular weight excluding hydrogens is 292 g/mol. The van der Waals surface area contributed by atoms with Crippen molar-refractivity contribution in [2.45, 2.75) is 39.5 Å². The second-order valence-electron chi connectivity index (χ2n) is 6.34. The lowest BCUT2D eigenvalue weighted by Crippen LogP contribution is -2.39. The third-order valence-corrected chi connectivity index (χ3v) is 5.14. The van der Waals surface area contributed by atoms with E-state index in [1.165, 1.54) is 0 Å². The Labute approximate surface area is 137 Å². The van der Waals surface area contributed by atoms with Crippen LogP contribution in [0, 0.1) is 5.41 Å². The van der Waals surface area contributed by atoms with Crippen LogP contribution >= 0.6 is 0 Å². The summed E-state index contributed by atoms with van der Waals surface area (Å²) in [5.41, 5.74) is 2.26. The molecule has 5 heteroatoms. The van der Waals surface area contributed by atoms with Gasteiger partial charge in [0.2, 0.25) is 5.91 Å². The number of nitrogens with one attached hydrogen (secondary N) is 1. The molecule has 1 aliphatic rings. The molecule has 1 aromatic carbocycles. The number of carbonyl (C=O) groups is 2. The largest absolute Gasteiger partial charge is 0.396 e. The van der Waals surface area contributed by atoms with Gasteiger partial charge in [-0.2, -0.15) is 0 Å². The van der Waals surface area contributed by atoms with Gasteiger partial charge in [0.25, 0.3) is 5.91 Å². The maximum Gasteiger partial charge on any atom is 0.251 e. The van der Waals surface area contributed by atoms with Crippen molar-refractivity contribution in [3.8, 4) is 0 Å². The molecule has 1 aliphatic heterocycles. The Morgan fingerprint density at radius 2 is 2.00 bits per heavy atom. The van der Waals surface area contributed by atoms with Gasteiger partial charge in [-0.3, -0.25) is 9.59 Å². The SMILES string of the molecule is CCC(CC)(CO)CNC(=O)c1ccc2c(c1)CCC(=O)N2C. The molecule has 0 aromatic heterocycles. The van der Waals surface area contributed by atoms with Gasteiger partial charge in [0.15, 0.2) is 0 Å². The van der Waals surface area contributed by atoms with Gasteiger partial charge in [0, 0.05) is 36.7 Å². The molecule has 0 spiro atoms. The van der Waals surface area contributed by atoms with Crippen LogP contribution < -0.4 is 10.2 Å². The molecule has 23 heavy (non-hydrogen) atoms. The lowest BCUT2D eigenvalue weighted by molar-refractivity contribution is -0.118. The van der Waals surface area contributed by atoms with Gasteiger partial charge in [0.1, 0.15) is 0 Å². The predicted octanol–water partition coefficient (Wildman–Crippen LogP) is 2.12. The fourth-order valence-corrected chi connectivity index (χ4v) is 2.95. The van der Waals surface area contributed by atoms with E-state index in [1.54, 1.807) is 18.0 Å². The van der Waals surface area contributed by atoms with Crippen molar-refractivity contribution >= 4 is 17.5 Å². The van der Waals surface area contributed by atoms with Crippen molar-refractivity contribution in [3.63, 3.8) is 0 Å². The molecule has 126 valence electrons. The highest BCUT2D eigenvalue weighted by Crippen LogP contribution is 2.28. The second kappa shape index (κ2) is 7.13. The zero-order chi connectivity index (χ0) is 17.0. The molecule has 0 bridgehead atoms. The minimum atomic E-state index is -0.253. The van der Waals surface area contributed by atoms with Crippen molar-refractivity contribution in [1.29, 1.82) is 0 Å². The predicted molar refractivity (Wildman–Crippen MR) is 90.6 cm³/mol. The number of fused-ring (bicyclic) bond motifs is 1. The van der Waals surface area contributed by atoms with Crippen LogP contribution in [0.1, 0.15) is 49.0 Å². The van der Waals surface area contributed by atoms with E-state index < -0.39 is 0 Å². The number of hydrogen-bond donors (Lipinski definition) is 2. The normalized spacial score (nSPS) is 14.6. The number of nitrogens with zero attached hydrogens (tertiary/aromatic N) is 1. The second-order valence-corrected chi connectivity index (χ2v) is 6.34. The van der Waals surface area contributed by atoms with Gasteiger partial charge in [-0.05, 0) is 43.0 Å². The summed E-state index contributed by atoms with van der Waals surface area (Å²) in [6.07, 6.45) is 2.78. The Kier molecular flexibility index (Phi) is 5.42. The van der Waals surface area contributed by atoms with Crippen LogP contribution in [-0.4, -0.2) is 37.1 Å². The van der Waals surface area contributed by atoms with Crippen molar-refractivity contribution in [2.24, 2.45) is 5.41 Å². The molecule has 0 saturated heterocycles. The van der Waals surface area contributed by atoms with E-state index in [9.17, 15) is 14.7 Å². The third-order valence-electron chi connectivity index (χ3n) is 5.14. The van der Waals surface area contributed by atoms with Crippen LogP contribution in [0.4, 0.5) is 5.69 Å². The van der Waals surface area contributed by atoms with E-state index in [2.05, 4.69) is 5.32 Å². The van der Waals surface area contributed by atoms with E-state index in [4.69, 9.17) is 0 Å². The van der Waals surface area contributed by atoms with Crippen molar-refractivity contribution in [3.05, 3.63) is 29.3 Å². The number of aliphatic hydroxyl groups is 1. The molecule has 2 rings (SSSR count). The number of anilines is 1. The zero-order valence-electron chi connectivity index (χ0n) is 14.2. The Morgan fingerprint density at radius 3 is 2.61 bits per heavy atom. The van der Waals surface area contributed by atoms with Crippen molar-refractivity contribution < 1.29 is 14.7 Å². The van der Waals surface area contributed by atoms with Crippen molar-refractivity contribution in [1.82, 2.24) is 5.32 Å². The van der Waals surface area contributed by atoms with Gasteiger partial charge in [0.05, 0.1) is 6.61 Å². The molecule has 5 nitrogen and oxygen atoms in total. The molecule has 0 unspecified atom stereocenters. The Balaban J connectivity index is 2.11.